The standard InChI is InChI=1S/C33H28ClFN6O4/c1-18(42)33-26-13-22(8-10-29(26)41(40-33)17-31(44)45)38-23-11-20(14-36-15-23)19-5-9-24(27(34)12-19)25-3-2-4-28(32(25)35)39-30(43)16-37-21-6-7-21/h2-5,8-15,21,37-38H,6-7,16-17H2,1H3,(H,39,43)(H,44,45). The molecule has 0 bridgehead atoms. The van der Waals surface area contributed by atoms with Crippen molar-refractivity contribution in [2.24, 2.45) is 0 Å². The van der Waals surface area contributed by atoms with Gasteiger partial charge in [0.15, 0.2) is 11.6 Å². The van der Waals surface area contributed by atoms with Crippen molar-refractivity contribution >= 4 is 57.2 Å². The number of pyridine rings is 1. The van der Waals surface area contributed by atoms with Crippen LogP contribution in [0.3, 0.4) is 0 Å². The van der Waals surface area contributed by atoms with Crippen LogP contribution in [0.25, 0.3) is 33.2 Å². The molecule has 2 heterocycles. The highest BCUT2D eigenvalue weighted by Gasteiger charge is 2.22. The number of carbonyl (C=O) groups is 3. The lowest BCUT2D eigenvalue weighted by molar-refractivity contribution is -0.137. The zero-order valence-corrected chi connectivity index (χ0v) is 24.9. The number of anilines is 3. The van der Waals surface area contributed by atoms with E-state index in [-0.39, 0.29) is 41.7 Å². The van der Waals surface area contributed by atoms with Gasteiger partial charge in [-0.1, -0.05) is 35.9 Å². The average Bonchev–Trinajstić information content (AvgIpc) is 3.78. The Hall–Kier alpha value is -5.13. The minimum Gasteiger partial charge on any atom is -0.480 e. The molecule has 1 amide bonds. The van der Waals surface area contributed by atoms with Crippen LogP contribution in [0, 0.1) is 5.82 Å². The summed E-state index contributed by atoms with van der Waals surface area (Å²) in [4.78, 5) is 40.1. The second-order valence-corrected chi connectivity index (χ2v) is 11.2. The molecule has 0 aliphatic heterocycles. The first-order valence-corrected chi connectivity index (χ1v) is 14.6. The largest absolute Gasteiger partial charge is 0.480 e. The summed E-state index contributed by atoms with van der Waals surface area (Å²) in [6, 6.07) is 17.5. The molecular formula is C33H28ClFN6O4. The molecule has 0 saturated heterocycles. The van der Waals surface area contributed by atoms with E-state index in [1.165, 1.54) is 17.7 Å². The Morgan fingerprint density at radius 3 is 2.56 bits per heavy atom. The molecule has 1 saturated carbocycles. The number of Topliss-reactive ketones (excluding diaryl/α,β-unsaturated/α-hetero) is 1. The fourth-order valence-electron chi connectivity index (χ4n) is 5.07. The van der Waals surface area contributed by atoms with E-state index in [0.717, 1.165) is 24.0 Å². The Bertz CT molecular complexity index is 1970. The van der Waals surface area contributed by atoms with Gasteiger partial charge in [0.25, 0.3) is 0 Å². The van der Waals surface area contributed by atoms with E-state index >= 15 is 4.39 Å². The van der Waals surface area contributed by atoms with Gasteiger partial charge in [-0.2, -0.15) is 5.10 Å². The third kappa shape index (κ3) is 6.69. The lowest BCUT2D eigenvalue weighted by atomic mass is 10.00. The van der Waals surface area contributed by atoms with Gasteiger partial charge in [-0.15, -0.1) is 0 Å². The maximum absolute atomic E-state index is 15.5. The van der Waals surface area contributed by atoms with E-state index in [2.05, 4.69) is 26.0 Å². The molecule has 3 aromatic carbocycles. The molecule has 1 aliphatic rings. The highest BCUT2D eigenvalue weighted by atomic mass is 35.5. The number of amides is 1. The predicted molar refractivity (Wildman–Crippen MR) is 170 cm³/mol. The van der Waals surface area contributed by atoms with Crippen LogP contribution in [0.15, 0.2) is 73.1 Å². The van der Waals surface area contributed by atoms with Gasteiger partial charge >= 0.3 is 5.97 Å². The first-order chi connectivity index (χ1) is 21.7. The van der Waals surface area contributed by atoms with Crippen molar-refractivity contribution in [2.45, 2.75) is 32.4 Å². The highest BCUT2D eigenvalue weighted by Crippen LogP contribution is 2.36. The summed E-state index contributed by atoms with van der Waals surface area (Å²) in [6.45, 7) is 1.14. The fourth-order valence-corrected chi connectivity index (χ4v) is 5.35. The summed E-state index contributed by atoms with van der Waals surface area (Å²) in [5, 5.41) is 23.3. The summed E-state index contributed by atoms with van der Waals surface area (Å²) in [5.74, 6) is -2.22. The Kier molecular flexibility index (Phi) is 8.29. The number of halogens is 2. The smallest absolute Gasteiger partial charge is 0.325 e. The molecule has 1 aliphatic carbocycles. The molecule has 45 heavy (non-hydrogen) atoms. The molecule has 2 aromatic heterocycles. The molecule has 12 heteroatoms. The van der Waals surface area contributed by atoms with E-state index < -0.39 is 11.8 Å². The Labute approximate surface area is 262 Å². The summed E-state index contributed by atoms with van der Waals surface area (Å²) in [6.07, 6.45) is 5.41. The summed E-state index contributed by atoms with van der Waals surface area (Å²) in [5.41, 5.74) is 4.35. The Morgan fingerprint density at radius 2 is 1.82 bits per heavy atom. The van der Waals surface area contributed by atoms with Crippen LogP contribution in [0.2, 0.25) is 5.02 Å². The second kappa shape index (κ2) is 12.5. The Balaban J connectivity index is 1.22. The number of hydrogen-bond acceptors (Lipinski definition) is 7. The van der Waals surface area contributed by atoms with Crippen molar-refractivity contribution in [1.29, 1.82) is 0 Å². The molecule has 10 nitrogen and oxygen atoms in total. The van der Waals surface area contributed by atoms with Crippen molar-refractivity contribution < 1.29 is 23.9 Å². The normalized spacial score (nSPS) is 12.7. The molecule has 5 aromatic rings. The molecule has 0 radical (unpaired) electrons. The first kappa shape index (κ1) is 29.9. The van der Waals surface area contributed by atoms with Gasteiger partial charge in [-0.25, -0.2) is 4.39 Å². The van der Waals surface area contributed by atoms with E-state index in [4.69, 9.17) is 11.6 Å². The fraction of sp³-hybridized carbons (Fsp3) is 0.182. The molecule has 4 N–H and O–H groups in total. The second-order valence-electron chi connectivity index (χ2n) is 10.8. The number of carbonyl (C=O) groups excluding carboxylic acids is 2. The minimum absolute atomic E-state index is 0.0843. The molecule has 0 unspecified atom stereocenters. The van der Waals surface area contributed by atoms with Gasteiger partial charge in [-0.05, 0) is 54.8 Å². The number of ketones is 1. The number of nitrogens with zero attached hydrogens (tertiary/aromatic N) is 3. The van der Waals surface area contributed by atoms with Crippen LogP contribution < -0.4 is 16.0 Å². The zero-order chi connectivity index (χ0) is 31.7. The van der Waals surface area contributed by atoms with Gasteiger partial charge in [0, 0.05) is 51.9 Å². The molecule has 1 fully saturated rings. The summed E-state index contributed by atoms with van der Waals surface area (Å²) in [7, 11) is 0. The number of aromatic nitrogens is 3. The number of fused-ring (bicyclic) bond motifs is 1. The van der Waals surface area contributed by atoms with Crippen LogP contribution in [0.1, 0.15) is 30.3 Å². The Morgan fingerprint density at radius 1 is 1.00 bits per heavy atom. The molecular weight excluding hydrogens is 599 g/mol. The maximum Gasteiger partial charge on any atom is 0.325 e. The number of aliphatic carboxylic acids is 1. The maximum atomic E-state index is 15.5. The van der Waals surface area contributed by atoms with Crippen molar-refractivity contribution in [3.63, 3.8) is 0 Å². The monoisotopic (exact) mass is 626 g/mol. The van der Waals surface area contributed by atoms with Crippen LogP contribution in [0.4, 0.5) is 21.5 Å². The van der Waals surface area contributed by atoms with Gasteiger partial charge < -0.3 is 21.1 Å². The van der Waals surface area contributed by atoms with Crippen LogP contribution in [0.5, 0.6) is 0 Å². The molecule has 228 valence electrons. The SMILES string of the molecule is CC(=O)c1nn(CC(=O)O)c2ccc(Nc3cncc(-c4ccc(-c5cccc(NC(=O)CNC6CC6)c5F)c(Cl)c4)c3)cc12. The molecule has 0 spiro atoms. The van der Waals surface area contributed by atoms with E-state index in [9.17, 15) is 19.5 Å². The number of hydrogen-bond donors (Lipinski definition) is 4. The lowest BCUT2D eigenvalue weighted by Crippen LogP contribution is -2.29. The van der Waals surface area contributed by atoms with E-state index in [0.29, 0.717) is 38.9 Å². The zero-order valence-electron chi connectivity index (χ0n) is 24.1. The van der Waals surface area contributed by atoms with Crippen molar-refractivity contribution in [2.75, 3.05) is 17.2 Å². The molecule has 0 atom stereocenters. The minimum atomic E-state index is -1.06. The van der Waals surface area contributed by atoms with E-state index in [1.807, 2.05) is 12.1 Å². The van der Waals surface area contributed by atoms with Gasteiger partial charge in [0.05, 0.1) is 29.6 Å². The number of carboxylic acids is 1. The summed E-state index contributed by atoms with van der Waals surface area (Å²) >= 11 is 6.66. The molecule has 6 rings (SSSR count). The van der Waals surface area contributed by atoms with Gasteiger partial charge in [0.1, 0.15) is 12.2 Å². The first-order valence-electron chi connectivity index (χ1n) is 14.2. The van der Waals surface area contributed by atoms with Gasteiger partial charge in [-0.3, -0.25) is 24.0 Å². The highest BCUT2D eigenvalue weighted by molar-refractivity contribution is 6.33. The van der Waals surface area contributed by atoms with Crippen molar-refractivity contribution in [1.82, 2.24) is 20.1 Å². The van der Waals surface area contributed by atoms with Crippen molar-refractivity contribution in [3.05, 3.63) is 89.6 Å². The van der Waals surface area contributed by atoms with Gasteiger partial charge in [0.2, 0.25) is 5.91 Å². The third-order valence-corrected chi connectivity index (χ3v) is 7.70. The average molecular weight is 627 g/mol. The van der Waals surface area contributed by atoms with Crippen LogP contribution in [-0.2, 0) is 16.1 Å². The number of rotatable bonds is 11. The lowest BCUT2D eigenvalue weighted by Gasteiger charge is -2.13. The topological polar surface area (TPSA) is 138 Å². The van der Waals surface area contributed by atoms with Crippen LogP contribution >= 0.6 is 11.6 Å². The quantitative estimate of drug-likeness (QED) is 0.126. The number of nitrogens with one attached hydrogen (secondary N) is 3. The third-order valence-electron chi connectivity index (χ3n) is 7.39. The van der Waals surface area contributed by atoms with Crippen LogP contribution in [-0.4, -0.2) is 50.1 Å². The predicted octanol–water partition coefficient (Wildman–Crippen LogP) is 6.28. The summed E-state index contributed by atoms with van der Waals surface area (Å²) < 4.78 is 16.7. The number of carboxylic acid groups (broad SMARTS) is 1. The van der Waals surface area contributed by atoms with Crippen molar-refractivity contribution in [3.8, 4) is 22.3 Å². The number of benzene rings is 3. The van der Waals surface area contributed by atoms with E-state index in [1.54, 1.807) is 54.9 Å².